The summed E-state index contributed by atoms with van der Waals surface area (Å²) in [5.41, 5.74) is 0. The molecule has 0 spiro atoms. The number of nitrogens with one attached hydrogen (secondary N) is 1. The van der Waals surface area contributed by atoms with Crippen LogP contribution in [0.3, 0.4) is 0 Å². The van der Waals surface area contributed by atoms with Gasteiger partial charge in [-0.15, -0.1) is 0 Å². The maximum Gasteiger partial charge on any atom is 0.320 e. The quantitative estimate of drug-likeness (QED) is 0.749. The summed E-state index contributed by atoms with van der Waals surface area (Å²) in [7, 11) is 1.84. The maximum absolute atomic E-state index is 12.2. The van der Waals surface area contributed by atoms with Gasteiger partial charge in [0.15, 0.2) is 0 Å². The van der Waals surface area contributed by atoms with Crippen LogP contribution < -0.4 is 5.32 Å². The second-order valence-corrected chi connectivity index (χ2v) is 5.89. The second kappa shape index (κ2) is 8.25. The number of hydrogen-bond donors (Lipinski definition) is 2. The van der Waals surface area contributed by atoms with Crippen molar-refractivity contribution in [3.05, 3.63) is 0 Å². The van der Waals surface area contributed by atoms with Crippen LogP contribution >= 0.6 is 0 Å². The van der Waals surface area contributed by atoms with Crippen LogP contribution in [0.4, 0.5) is 0 Å². The van der Waals surface area contributed by atoms with Crippen LogP contribution in [-0.2, 0) is 9.59 Å². The molecule has 0 aromatic heterocycles. The van der Waals surface area contributed by atoms with Crippen molar-refractivity contribution in [1.29, 1.82) is 0 Å². The van der Waals surface area contributed by atoms with Gasteiger partial charge >= 0.3 is 5.97 Å². The predicted octanol–water partition coefficient (Wildman–Crippen LogP) is 1.87. The van der Waals surface area contributed by atoms with Gasteiger partial charge in [-0.3, -0.25) is 14.9 Å². The third-order valence-corrected chi connectivity index (χ3v) is 4.33. The van der Waals surface area contributed by atoms with E-state index in [1.807, 2.05) is 18.9 Å². The summed E-state index contributed by atoms with van der Waals surface area (Å²) in [4.78, 5) is 25.0. The van der Waals surface area contributed by atoms with Gasteiger partial charge in [0.25, 0.3) is 0 Å². The van der Waals surface area contributed by atoms with E-state index < -0.39 is 12.0 Å². The van der Waals surface area contributed by atoms with Gasteiger partial charge in [-0.25, -0.2) is 0 Å². The van der Waals surface area contributed by atoms with E-state index in [9.17, 15) is 9.59 Å². The molecule has 0 aromatic carbocycles. The van der Waals surface area contributed by atoms with Crippen molar-refractivity contribution in [2.24, 2.45) is 5.92 Å². The summed E-state index contributed by atoms with van der Waals surface area (Å²) in [6, 6.07) is -0.325. The molecule has 1 aliphatic carbocycles. The van der Waals surface area contributed by atoms with Crippen molar-refractivity contribution in [3.63, 3.8) is 0 Å². The molecule has 0 radical (unpaired) electrons. The van der Waals surface area contributed by atoms with Gasteiger partial charge in [-0.05, 0) is 25.2 Å². The van der Waals surface area contributed by atoms with Crippen LogP contribution in [-0.4, -0.2) is 47.6 Å². The number of hydrogen-bond acceptors (Lipinski definition) is 3. The van der Waals surface area contributed by atoms with Gasteiger partial charge < -0.3 is 10.0 Å². The largest absolute Gasteiger partial charge is 0.480 e. The molecule has 1 rings (SSSR count). The average molecular weight is 284 g/mol. The predicted molar refractivity (Wildman–Crippen MR) is 78.5 cm³/mol. The van der Waals surface area contributed by atoms with Crippen LogP contribution in [0.15, 0.2) is 0 Å². The first-order chi connectivity index (χ1) is 9.47. The first-order valence-corrected chi connectivity index (χ1v) is 7.69. The Kier molecular flexibility index (Phi) is 6.99. The summed E-state index contributed by atoms with van der Waals surface area (Å²) in [5, 5.41) is 11.9. The van der Waals surface area contributed by atoms with Gasteiger partial charge in [0.05, 0.1) is 6.54 Å². The molecule has 1 fully saturated rings. The van der Waals surface area contributed by atoms with E-state index in [1.54, 1.807) is 0 Å². The Morgan fingerprint density at radius 1 is 1.35 bits per heavy atom. The fourth-order valence-electron chi connectivity index (χ4n) is 2.99. The van der Waals surface area contributed by atoms with Crippen molar-refractivity contribution in [3.8, 4) is 0 Å². The molecule has 3 atom stereocenters. The zero-order valence-corrected chi connectivity index (χ0v) is 12.9. The normalized spacial score (nSPS) is 24.1. The molecular formula is C15H28N2O3. The molecule has 0 saturated heterocycles. The standard InChI is InChI=1S/C15H28N2O3/c1-4-7-12(15(19)20)16-10-14(18)17(3)13-9-6-5-8-11(13)2/h11-13,16H,4-10H2,1-3H3,(H,19,20). The molecule has 5 nitrogen and oxygen atoms in total. The molecule has 3 unspecified atom stereocenters. The van der Waals surface area contributed by atoms with Crippen LogP contribution in [0.5, 0.6) is 0 Å². The molecule has 1 aliphatic rings. The van der Waals surface area contributed by atoms with Crippen molar-refractivity contribution < 1.29 is 14.7 Å². The van der Waals surface area contributed by atoms with E-state index in [1.165, 1.54) is 19.3 Å². The van der Waals surface area contributed by atoms with Gasteiger partial charge in [0.2, 0.25) is 5.91 Å². The Morgan fingerprint density at radius 3 is 2.55 bits per heavy atom. The number of rotatable bonds is 7. The molecule has 1 amide bonds. The number of carboxylic acids is 1. The van der Waals surface area contributed by atoms with Gasteiger partial charge in [0, 0.05) is 13.1 Å². The molecule has 2 N–H and O–H groups in total. The smallest absolute Gasteiger partial charge is 0.320 e. The van der Waals surface area contributed by atoms with E-state index in [0.29, 0.717) is 18.4 Å². The minimum atomic E-state index is -0.881. The second-order valence-electron chi connectivity index (χ2n) is 5.89. The summed E-state index contributed by atoms with van der Waals surface area (Å²) in [6.45, 7) is 4.24. The molecule has 0 bridgehead atoms. The van der Waals surface area contributed by atoms with Gasteiger partial charge in [-0.1, -0.05) is 33.1 Å². The van der Waals surface area contributed by atoms with Crippen molar-refractivity contribution in [2.45, 2.75) is 64.5 Å². The number of aliphatic carboxylic acids is 1. The molecule has 20 heavy (non-hydrogen) atoms. The van der Waals surface area contributed by atoms with E-state index in [4.69, 9.17) is 5.11 Å². The van der Waals surface area contributed by atoms with Crippen LogP contribution in [0, 0.1) is 5.92 Å². The number of likely N-dealkylation sites (N-methyl/N-ethyl adjacent to an activating group) is 1. The number of carboxylic acid groups (broad SMARTS) is 1. The number of nitrogens with zero attached hydrogens (tertiary/aromatic N) is 1. The Hall–Kier alpha value is -1.10. The fourth-order valence-corrected chi connectivity index (χ4v) is 2.99. The summed E-state index contributed by atoms with van der Waals surface area (Å²) >= 11 is 0. The topological polar surface area (TPSA) is 69.6 Å². The summed E-state index contributed by atoms with van der Waals surface area (Å²) in [5.74, 6) is -0.358. The molecule has 0 aromatic rings. The summed E-state index contributed by atoms with van der Waals surface area (Å²) < 4.78 is 0. The first kappa shape index (κ1) is 17.0. The lowest BCUT2D eigenvalue weighted by atomic mass is 9.85. The number of carbonyl (C=O) groups excluding carboxylic acids is 1. The SMILES string of the molecule is CCCC(NCC(=O)N(C)C1CCCCC1C)C(=O)O. The van der Waals surface area contributed by atoms with E-state index >= 15 is 0 Å². The lowest BCUT2D eigenvalue weighted by Gasteiger charge is -2.36. The average Bonchev–Trinajstić information content (AvgIpc) is 2.42. The molecule has 1 saturated carbocycles. The molecular weight excluding hydrogens is 256 g/mol. The highest BCUT2D eigenvalue weighted by Gasteiger charge is 2.28. The van der Waals surface area contributed by atoms with E-state index in [2.05, 4.69) is 12.2 Å². The number of amides is 1. The molecule has 5 heteroatoms. The third-order valence-electron chi connectivity index (χ3n) is 4.33. The Bertz CT molecular complexity index is 333. The highest BCUT2D eigenvalue weighted by Crippen LogP contribution is 2.27. The first-order valence-electron chi connectivity index (χ1n) is 7.69. The summed E-state index contributed by atoms with van der Waals surface area (Å²) in [6.07, 6.45) is 5.98. The lowest BCUT2D eigenvalue weighted by molar-refractivity contribution is -0.140. The van der Waals surface area contributed by atoms with Crippen molar-refractivity contribution in [2.75, 3.05) is 13.6 Å². The highest BCUT2D eigenvalue weighted by molar-refractivity contribution is 5.80. The maximum atomic E-state index is 12.2. The lowest BCUT2D eigenvalue weighted by Crippen LogP contribution is -2.48. The third kappa shape index (κ3) is 4.78. The molecule has 116 valence electrons. The van der Waals surface area contributed by atoms with Gasteiger partial charge in [0.1, 0.15) is 6.04 Å². The minimum Gasteiger partial charge on any atom is -0.480 e. The monoisotopic (exact) mass is 284 g/mol. The Labute approximate surface area is 121 Å². The zero-order chi connectivity index (χ0) is 15.1. The van der Waals surface area contributed by atoms with Crippen LogP contribution in [0.25, 0.3) is 0 Å². The zero-order valence-electron chi connectivity index (χ0n) is 12.9. The number of carbonyl (C=O) groups is 2. The molecule has 0 heterocycles. The Morgan fingerprint density at radius 2 is 2.00 bits per heavy atom. The van der Waals surface area contributed by atoms with Crippen molar-refractivity contribution >= 4 is 11.9 Å². The van der Waals surface area contributed by atoms with E-state index in [0.717, 1.165) is 12.8 Å². The highest BCUT2D eigenvalue weighted by atomic mass is 16.4. The van der Waals surface area contributed by atoms with Gasteiger partial charge in [-0.2, -0.15) is 0 Å². The fraction of sp³-hybridized carbons (Fsp3) is 0.867. The Balaban J connectivity index is 2.46. The minimum absolute atomic E-state index is 0.00824. The van der Waals surface area contributed by atoms with Crippen LogP contribution in [0.1, 0.15) is 52.4 Å². The van der Waals surface area contributed by atoms with Crippen LogP contribution in [0.2, 0.25) is 0 Å². The van der Waals surface area contributed by atoms with Crippen molar-refractivity contribution in [1.82, 2.24) is 10.2 Å². The molecule has 0 aliphatic heterocycles. The van der Waals surface area contributed by atoms with E-state index in [-0.39, 0.29) is 12.5 Å².